The van der Waals surface area contributed by atoms with E-state index in [0.717, 1.165) is 30.5 Å². The Labute approximate surface area is 132 Å². The molecule has 0 fully saturated rings. The van der Waals surface area contributed by atoms with Crippen LogP contribution in [0.2, 0.25) is 0 Å². The molecule has 22 heavy (non-hydrogen) atoms. The number of hydrogen-bond acceptors (Lipinski definition) is 2. The number of nitrogens with zero attached hydrogens (tertiary/aromatic N) is 1. The lowest BCUT2D eigenvalue weighted by molar-refractivity contribution is 0.0931. The summed E-state index contributed by atoms with van der Waals surface area (Å²) in [5.41, 5.74) is 2.13. The molecule has 3 heteroatoms. The van der Waals surface area contributed by atoms with E-state index in [1.165, 1.54) is 0 Å². The summed E-state index contributed by atoms with van der Waals surface area (Å²) in [5.74, 6) is 0. The van der Waals surface area contributed by atoms with Crippen molar-refractivity contribution in [1.82, 2.24) is 4.90 Å². The molecule has 0 aromatic heterocycles. The second-order valence-corrected chi connectivity index (χ2v) is 5.30. The van der Waals surface area contributed by atoms with Gasteiger partial charge in [-0.05, 0) is 17.5 Å². The van der Waals surface area contributed by atoms with Crippen molar-refractivity contribution in [2.24, 2.45) is 0 Å². The molecule has 0 spiro atoms. The van der Waals surface area contributed by atoms with Crippen molar-refractivity contribution in [3.05, 3.63) is 71.8 Å². The maximum atomic E-state index is 12.3. The lowest BCUT2D eigenvalue weighted by Crippen LogP contribution is -2.32. The Hall–Kier alpha value is -2.29. The highest BCUT2D eigenvalue weighted by Gasteiger charge is 2.15. The Balaban J connectivity index is 1.93. The summed E-state index contributed by atoms with van der Waals surface area (Å²) in [7, 11) is 0. The minimum atomic E-state index is -0.249. The van der Waals surface area contributed by atoms with Crippen molar-refractivity contribution in [3.8, 4) is 0 Å². The zero-order chi connectivity index (χ0) is 15.6. The van der Waals surface area contributed by atoms with Crippen LogP contribution in [-0.2, 0) is 17.9 Å². The molecule has 2 aromatic carbocycles. The third-order valence-corrected chi connectivity index (χ3v) is 3.46. The zero-order valence-electron chi connectivity index (χ0n) is 13.1. The van der Waals surface area contributed by atoms with Gasteiger partial charge in [0.15, 0.2) is 0 Å². The molecule has 0 atom stereocenters. The molecular formula is C19H23NO2. The van der Waals surface area contributed by atoms with Gasteiger partial charge in [-0.25, -0.2) is 4.79 Å². The van der Waals surface area contributed by atoms with Gasteiger partial charge in [-0.1, -0.05) is 74.0 Å². The van der Waals surface area contributed by atoms with Gasteiger partial charge in [0.2, 0.25) is 0 Å². The average Bonchev–Trinajstić information content (AvgIpc) is 2.58. The number of unbranched alkanes of at least 4 members (excludes halogenated alkanes) is 1. The van der Waals surface area contributed by atoms with Crippen molar-refractivity contribution in [2.75, 3.05) is 6.54 Å². The quantitative estimate of drug-likeness (QED) is 0.746. The molecule has 0 bridgehead atoms. The van der Waals surface area contributed by atoms with E-state index in [-0.39, 0.29) is 6.09 Å². The maximum Gasteiger partial charge on any atom is 0.410 e. The van der Waals surface area contributed by atoms with Gasteiger partial charge in [-0.3, -0.25) is 0 Å². The normalized spacial score (nSPS) is 10.2. The molecule has 0 aliphatic rings. The Kier molecular flexibility index (Phi) is 6.49. The van der Waals surface area contributed by atoms with Gasteiger partial charge in [-0.15, -0.1) is 0 Å². The van der Waals surface area contributed by atoms with Gasteiger partial charge in [0, 0.05) is 13.1 Å². The van der Waals surface area contributed by atoms with Gasteiger partial charge in [0.1, 0.15) is 6.61 Å². The maximum absolute atomic E-state index is 12.3. The van der Waals surface area contributed by atoms with Crippen LogP contribution in [0.3, 0.4) is 0 Å². The minimum Gasteiger partial charge on any atom is -0.445 e. The smallest absolute Gasteiger partial charge is 0.410 e. The van der Waals surface area contributed by atoms with Gasteiger partial charge in [0.05, 0.1) is 0 Å². The number of ether oxygens (including phenoxy) is 1. The van der Waals surface area contributed by atoms with E-state index in [2.05, 4.69) is 6.92 Å². The molecule has 0 saturated heterocycles. The summed E-state index contributed by atoms with van der Waals surface area (Å²) in [4.78, 5) is 14.1. The van der Waals surface area contributed by atoms with Crippen molar-refractivity contribution in [2.45, 2.75) is 32.9 Å². The lowest BCUT2D eigenvalue weighted by Gasteiger charge is -2.22. The number of benzene rings is 2. The van der Waals surface area contributed by atoms with Crippen LogP contribution in [0.15, 0.2) is 60.7 Å². The fourth-order valence-electron chi connectivity index (χ4n) is 2.20. The monoisotopic (exact) mass is 297 g/mol. The predicted octanol–water partition coefficient (Wildman–Crippen LogP) is 4.63. The molecule has 0 aliphatic carbocycles. The minimum absolute atomic E-state index is 0.249. The standard InChI is InChI=1S/C19H23NO2/c1-2-3-14-20(15-17-10-6-4-7-11-17)19(21)22-16-18-12-8-5-9-13-18/h4-13H,2-3,14-16H2,1H3. The van der Waals surface area contributed by atoms with Gasteiger partial charge in [-0.2, -0.15) is 0 Å². The van der Waals surface area contributed by atoms with Crippen molar-refractivity contribution >= 4 is 6.09 Å². The van der Waals surface area contributed by atoms with E-state index in [0.29, 0.717) is 13.2 Å². The molecular weight excluding hydrogens is 274 g/mol. The predicted molar refractivity (Wildman–Crippen MR) is 88.4 cm³/mol. The van der Waals surface area contributed by atoms with Crippen molar-refractivity contribution < 1.29 is 9.53 Å². The van der Waals surface area contributed by atoms with Crippen LogP contribution in [0.25, 0.3) is 0 Å². The second kappa shape index (κ2) is 8.88. The van der Waals surface area contributed by atoms with Crippen LogP contribution in [0.4, 0.5) is 4.79 Å². The largest absolute Gasteiger partial charge is 0.445 e. The van der Waals surface area contributed by atoms with E-state index in [1.54, 1.807) is 4.90 Å². The van der Waals surface area contributed by atoms with Crippen LogP contribution in [0, 0.1) is 0 Å². The van der Waals surface area contributed by atoms with E-state index in [9.17, 15) is 4.79 Å². The number of carbonyl (C=O) groups is 1. The van der Waals surface area contributed by atoms with E-state index < -0.39 is 0 Å². The van der Waals surface area contributed by atoms with E-state index in [4.69, 9.17) is 4.74 Å². The third kappa shape index (κ3) is 5.24. The van der Waals surface area contributed by atoms with Crippen LogP contribution in [0.1, 0.15) is 30.9 Å². The fourth-order valence-corrected chi connectivity index (χ4v) is 2.20. The first kappa shape index (κ1) is 16.1. The van der Waals surface area contributed by atoms with E-state index in [1.807, 2.05) is 60.7 Å². The summed E-state index contributed by atoms with van der Waals surface area (Å²) >= 11 is 0. The van der Waals surface area contributed by atoms with Crippen LogP contribution in [0.5, 0.6) is 0 Å². The SMILES string of the molecule is CCCCN(Cc1ccccc1)C(=O)OCc1ccccc1. The molecule has 2 rings (SSSR count). The molecule has 2 aromatic rings. The van der Waals surface area contributed by atoms with Crippen molar-refractivity contribution in [1.29, 1.82) is 0 Å². The summed E-state index contributed by atoms with van der Waals surface area (Å²) in [5, 5.41) is 0. The van der Waals surface area contributed by atoms with Crippen molar-refractivity contribution in [3.63, 3.8) is 0 Å². The van der Waals surface area contributed by atoms with Crippen LogP contribution < -0.4 is 0 Å². The number of hydrogen-bond donors (Lipinski definition) is 0. The number of amides is 1. The summed E-state index contributed by atoms with van der Waals surface area (Å²) in [6.45, 7) is 3.75. The summed E-state index contributed by atoms with van der Waals surface area (Å²) in [6, 6.07) is 19.8. The topological polar surface area (TPSA) is 29.5 Å². The van der Waals surface area contributed by atoms with Gasteiger partial charge in [0.25, 0.3) is 0 Å². The Morgan fingerprint density at radius 2 is 1.55 bits per heavy atom. The number of rotatable bonds is 7. The molecule has 0 radical (unpaired) electrons. The molecule has 116 valence electrons. The third-order valence-electron chi connectivity index (χ3n) is 3.46. The number of carbonyl (C=O) groups excluding carboxylic acids is 1. The van der Waals surface area contributed by atoms with Gasteiger partial charge < -0.3 is 9.64 Å². The van der Waals surface area contributed by atoms with Gasteiger partial charge >= 0.3 is 6.09 Å². The molecule has 0 saturated carbocycles. The average molecular weight is 297 g/mol. The first-order valence-electron chi connectivity index (χ1n) is 7.79. The van der Waals surface area contributed by atoms with Crippen LogP contribution in [-0.4, -0.2) is 17.5 Å². The highest BCUT2D eigenvalue weighted by atomic mass is 16.6. The highest BCUT2D eigenvalue weighted by Crippen LogP contribution is 2.09. The second-order valence-electron chi connectivity index (χ2n) is 5.30. The molecule has 0 heterocycles. The summed E-state index contributed by atoms with van der Waals surface area (Å²) in [6.07, 6.45) is 1.78. The zero-order valence-corrected chi connectivity index (χ0v) is 13.1. The Morgan fingerprint density at radius 3 is 2.14 bits per heavy atom. The first-order valence-corrected chi connectivity index (χ1v) is 7.79. The lowest BCUT2D eigenvalue weighted by atomic mass is 10.2. The van der Waals surface area contributed by atoms with E-state index >= 15 is 0 Å². The Bertz CT molecular complexity index is 554. The molecule has 0 N–H and O–H groups in total. The molecule has 3 nitrogen and oxygen atoms in total. The first-order chi connectivity index (χ1) is 10.8. The summed E-state index contributed by atoms with van der Waals surface area (Å²) < 4.78 is 5.45. The fraction of sp³-hybridized carbons (Fsp3) is 0.316. The molecule has 0 unspecified atom stereocenters. The Morgan fingerprint density at radius 1 is 0.955 bits per heavy atom. The highest BCUT2D eigenvalue weighted by molar-refractivity contribution is 5.67. The van der Waals surface area contributed by atoms with Crippen LogP contribution >= 0.6 is 0 Å². The molecule has 0 aliphatic heterocycles. The molecule has 1 amide bonds.